The normalized spacial score (nSPS) is 11.4. The molecule has 23 heavy (non-hydrogen) atoms. The first-order valence-electron chi connectivity index (χ1n) is 8.38. The van der Waals surface area contributed by atoms with E-state index >= 15 is 0 Å². The smallest absolute Gasteiger partial charge is 0.224 e. The van der Waals surface area contributed by atoms with Gasteiger partial charge in [-0.15, -0.1) is 0 Å². The number of nitrogens with zero attached hydrogens (tertiary/aromatic N) is 1. The third-order valence-corrected chi connectivity index (χ3v) is 3.31. The summed E-state index contributed by atoms with van der Waals surface area (Å²) >= 11 is 0. The van der Waals surface area contributed by atoms with Crippen LogP contribution in [-0.4, -0.2) is 25.5 Å². The van der Waals surface area contributed by atoms with Crippen LogP contribution < -0.4 is 16.0 Å². The largest absolute Gasteiger partial charge is 0.356 e. The van der Waals surface area contributed by atoms with Crippen LogP contribution in [0.5, 0.6) is 0 Å². The molecule has 0 radical (unpaired) electrons. The highest BCUT2D eigenvalue weighted by molar-refractivity contribution is 5.90. The van der Waals surface area contributed by atoms with Crippen LogP contribution in [0.3, 0.4) is 0 Å². The second kappa shape index (κ2) is 10.6. The quantitative estimate of drug-likeness (QED) is 0.392. The third-order valence-electron chi connectivity index (χ3n) is 3.31. The Kier molecular flexibility index (Phi) is 8.80. The van der Waals surface area contributed by atoms with Crippen LogP contribution in [0, 0.1) is 5.92 Å². The van der Waals surface area contributed by atoms with E-state index in [0.29, 0.717) is 18.9 Å². The molecule has 0 atom stereocenters. The van der Waals surface area contributed by atoms with E-state index in [2.05, 4.69) is 27.9 Å². The number of unbranched alkanes of at least 4 members (excludes halogenated alkanes) is 1. The predicted molar refractivity (Wildman–Crippen MR) is 97.6 cm³/mol. The summed E-state index contributed by atoms with van der Waals surface area (Å²) in [6.07, 6.45) is 2.82. The molecule has 0 fully saturated rings. The first kappa shape index (κ1) is 19.0. The second-order valence-electron chi connectivity index (χ2n) is 6.05. The topological polar surface area (TPSA) is 65.5 Å². The average Bonchev–Trinajstić information content (AvgIpc) is 2.50. The fourth-order valence-electron chi connectivity index (χ4n) is 2.13. The summed E-state index contributed by atoms with van der Waals surface area (Å²) in [6.45, 7) is 7.83. The minimum absolute atomic E-state index is 0.0575. The molecule has 0 heterocycles. The molecule has 0 aliphatic carbocycles. The summed E-state index contributed by atoms with van der Waals surface area (Å²) in [7, 11) is 1.77. The monoisotopic (exact) mass is 318 g/mol. The molecule has 1 aromatic carbocycles. The minimum atomic E-state index is 0.0575. The van der Waals surface area contributed by atoms with Crippen LogP contribution in [0.4, 0.5) is 5.69 Å². The Morgan fingerprint density at radius 1 is 1.26 bits per heavy atom. The first-order valence-corrected chi connectivity index (χ1v) is 8.38. The molecule has 5 nitrogen and oxygen atoms in total. The van der Waals surface area contributed by atoms with Crippen molar-refractivity contribution in [2.75, 3.05) is 18.9 Å². The van der Waals surface area contributed by atoms with Gasteiger partial charge >= 0.3 is 0 Å². The van der Waals surface area contributed by atoms with Crippen molar-refractivity contribution in [2.45, 2.75) is 46.6 Å². The number of carbonyl (C=O) groups is 1. The molecule has 0 aliphatic rings. The highest BCUT2D eigenvalue weighted by Crippen LogP contribution is 2.12. The van der Waals surface area contributed by atoms with Gasteiger partial charge in [0.2, 0.25) is 5.91 Å². The van der Waals surface area contributed by atoms with Crippen molar-refractivity contribution >= 4 is 17.6 Å². The Hall–Kier alpha value is -2.04. The number of nitrogens with one attached hydrogen (secondary N) is 3. The molecule has 0 spiro atoms. The van der Waals surface area contributed by atoms with Gasteiger partial charge in [-0.3, -0.25) is 9.79 Å². The number of hydrogen-bond donors (Lipinski definition) is 3. The Balaban J connectivity index is 2.51. The van der Waals surface area contributed by atoms with Crippen LogP contribution in [0.2, 0.25) is 0 Å². The molecular weight excluding hydrogens is 288 g/mol. The molecule has 0 aromatic heterocycles. The van der Waals surface area contributed by atoms with Crippen molar-refractivity contribution < 1.29 is 4.79 Å². The molecule has 128 valence electrons. The van der Waals surface area contributed by atoms with E-state index in [9.17, 15) is 4.79 Å². The number of anilines is 1. The molecule has 1 amide bonds. The number of benzene rings is 1. The van der Waals surface area contributed by atoms with Crippen LogP contribution in [0.15, 0.2) is 29.3 Å². The lowest BCUT2D eigenvalue weighted by Crippen LogP contribution is -2.37. The Bertz CT molecular complexity index is 511. The van der Waals surface area contributed by atoms with Gasteiger partial charge in [0.25, 0.3) is 0 Å². The SMILES string of the molecule is CCCCNC(=NC)NCc1cccc(NC(=O)CC(C)C)c1. The van der Waals surface area contributed by atoms with Gasteiger partial charge in [0, 0.05) is 32.2 Å². The summed E-state index contributed by atoms with van der Waals surface area (Å²) in [5.74, 6) is 1.22. The highest BCUT2D eigenvalue weighted by Gasteiger charge is 2.06. The maximum atomic E-state index is 11.8. The van der Waals surface area contributed by atoms with Crippen molar-refractivity contribution in [2.24, 2.45) is 10.9 Å². The Labute approximate surface area is 140 Å². The summed E-state index contributed by atoms with van der Waals surface area (Å²) < 4.78 is 0. The molecular formula is C18H30N4O. The zero-order chi connectivity index (χ0) is 17.1. The number of aliphatic imine (C=N–C) groups is 1. The number of carbonyl (C=O) groups excluding carboxylic acids is 1. The van der Waals surface area contributed by atoms with E-state index in [1.807, 2.05) is 38.1 Å². The van der Waals surface area contributed by atoms with E-state index in [4.69, 9.17) is 0 Å². The van der Waals surface area contributed by atoms with E-state index in [0.717, 1.165) is 36.6 Å². The fraction of sp³-hybridized carbons (Fsp3) is 0.556. The lowest BCUT2D eigenvalue weighted by molar-refractivity contribution is -0.116. The van der Waals surface area contributed by atoms with Gasteiger partial charge in [-0.05, 0) is 30.0 Å². The van der Waals surface area contributed by atoms with Crippen molar-refractivity contribution in [3.63, 3.8) is 0 Å². The molecule has 1 aromatic rings. The van der Waals surface area contributed by atoms with Gasteiger partial charge in [0.15, 0.2) is 5.96 Å². The fourth-order valence-corrected chi connectivity index (χ4v) is 2.13. The van der Waals surface area contributed by atoms with Gasteiger partial charge < -0.3 is 16.0 Å². The summed E-state index contributed by atoms with van der Waals surface area (Å²) in [6, 6.07) is 7.89. The summed E-state index contributed by atoms with van der Waals surface area (Å²) in [5, 5.41) is 9.51. The maximum Gasteiger partial charge on any atom is 0.224 e. The van der Waals surface area contributed by atoms with Crippen molar-refractivity contribution in [1.29, 1.82) is 0 Å². The number of hydrogen-bond acceptors (Lipinski definition) is 2. The van der Waals surface area contributed by atoms with Crippen LogP contribution in [0.25, 0.3) is 0 Å². The molecule has 5 heteroatoms. The van der Waals surface area contributed by atoms with Crippen LogP contribution in [-0.2, 0) is 11.3 Å². The molecule has 0 saturated heterocycles. The predicted octanol–water partition coefficient (Wildman–Crippen LogP) is 3.14. The van der Waals surface area contributed by atoms with Gasteiger partial charge in [-0.2, -0.15) is 0 Å². The molecule has 0 unspecified atom stereocenters. The van der Waals surface area contributed by atoms with Crippen LogP contribution >= 0.6 is 0 Å². The number of rotatable bonds is 8. The summed E-state index contributed by atoms with van der Waals surface area (Å²) in [4.78, 5) is 16.0. The first-order chi connectivity index (χ1) is 11.0. The summed E-state index contributed by atoms with van der Waals surface area (Å²) in [5.41, 5.74) is 1.94. The van der Waals surface area contributed by atoms with E-state index in [1.54, 1.807) is 7.05 Å². The molecule has 0 saturated carbocycles. The third kappa shape index (κ3) is 8.24. The van der Waals surface area contributed by atoms with E-state index in [-0.39, 0.29) is 5.91 Å². The Morgan fingerprint density at radius 2 is 2.04 bits per heavy atom. The molecule has 3 N–H and O–H groups in total. The molecule has 1 rings (SSSR count). The zero-order valence-electron chi connectivity index (χ0n) is 14.8. The lowest BCUT2D eigenvalue weighted by atomic mass is 10.1. The highest BCUT2D eigenvalue weighted by atomic mass is 16.1. The van der Waals surface area contributed by atoms with Crippen molar-refractivity contribution in [3.05, 3.63) is 29.8 Å². The van der Waals surface area contributed by atoms with Gasteiger partial charge in [-0.1, -0.05) is 39.3 Å². The molecule has 0 bridgehead atoms. The average molecular weight is 318 g/mol. The molecule has 0 aliphatic heterocycles. The van der Waals surface area contributed by atoms with E-state index in [1.165, 1.54) is 0 Å². The number of amides is 1. The van der Waals surface area contributed by atoms with Gasteiger partial charge in [0.1, 0.15) is 0 Å². The van der Waals surface area contributed by atoms with Gasteiger partial charge in [0.05, 0.1) is 0 Å². The number of guanidine groups is 1. The van der Waals surface area contributed by atoms with Crippen molar-refractivity contribution in [3.8, 4) is 0 Å². The van der Waals surface area contributed by atoms with Gasteiger partial charge in [-0.25, -0.2) is 0 Å². The van der Waals surface area contributed by atoms with Crippen molar-refractivity contribution in [1.82, 2.24) is 10.6 Å². The zero-order valence-corrected chi connectivity index (χ0v) is 14.8. The minimum Gasteiger partial charge on any atom is -0.356 e. The van der Waals surface area contributed by atoms with E-state index < -0.39 is 0 Å². The lowest BCUT2D eigenvalue weighted by Gasteiger charge is -2.12. The second-order valence-corrected chi connectivity index (χ2v) is 6.05. The Morgan fingerprint density at radius 3 is 2.70 bits per heavy atom. The van der Waals surface area contributed by atoms with Crippen LogP contribution in [0.1, 0.15) is 45.6 Å². The maximum absolute atomic E-state index is 11.8. The standard InChI is InChI=1S/C18H30N4O/c1-5-6-10-20-18(19-4)21-13-15-8-7-9-16(12-15)22-17(23)11-14(2)3/h7-9,12,14H,5-6,10-11,13H2,1-4H3,(H,22,23)(H2,19,20,21).